The van der Waals surface area contributed by atoms with Gasteiger partial charge in [-0.15, -0.1) is 0 Å². The number of nitrogens with one attached hydrogen (secondary N) is 1. The van der Waals surface area contributed by atoms with Crippen molar-refractivity contribution in [1.82, 2.24) is 14.8 Å². The van der Waals surface area contributed by atoms with Gasteiger partial charge >= 0.3 is 0 Å². The van der Waals surface area contributed by atoms with Crippen LogP contribution >= 0.6 is 12.2 Å². The summed E-state index contributed by atoms with van der Waals surface area (Å²) in [5.74, 6) is 0.678. The smallest absolute Gasteiger partial charge is 0.195 e. The molecule has 1 aromatic rings. The van der Waals surface area contributed by atoms with E-state index in [9.17, 15) is 5.11 Å². The Morgan fingerprint density at radius 1 is 1.47 bits per heavy atom. The fourth-order valence-electron chi connectivity index (χ4n) is 2.46. The van der Waals surface area contributed by atoms with Crippen LogP contribution in [0.1, 0.15) is 56.9 Å². The molecule has 1 aliphatic carbocycles. The van der Waals surface area contributed by atoms with Gasteiger partial charge in [-0.3, -0.25) is 9.67 Å². The van der Waals surface area contributed by atoms with E-state index >= 15 is 0 Å². The van der Waals surface area contributed by atoms with Crippen LogP contribution in [0.25, 0.3) is 0 Å². The van der Waals surface area contributed by atoms with E-state index in [1.54, 1.807) is 6.92 Å². The van der Waals surface area contributed by atoms with Gasteiger partial charge in [-0.05, 0) is 32.0 Å². The van der Waals surface area contributed by atoms with Crippen molar-refractivity contribution in [3.8, 4) is 0 Å². The van der Waals surface area contributed by atoms with E-state index in [1.165, 1.54) is 19.3 Å². The Balaban J connectivity index is 2.31. The molecule has 0 amide bonds. The number of hydrogen-bond acceptors (Lipinski definition) is 4. The van der Waals surface area contributed by atoms with Gasteiger partial charge in [0.25, 0.3) is 0 Å². The van der Waals surface area contributed by atoms with Crippen LogP contribution < -0.4 is 5.73 Å². The molecule has 0 unspecified atom stereocenters. The molecule has 96 valence electrons. The maximum Gasteiger partial charge on any atom is 0.195 e. The predicted octanol–water partition coefficient (Wildman–Crippen LogP) is 1.83. The maximum atomic E-state index is 9.58. The quantitative estimate of drug-likeness (QED) is 0.721. The predicted molar refractivity (Wildman–Crippen MR) is 68.1 cm³/mol. The minimum atomic E-state index is -0.623. The summed E-state index contributed by atoms with van der Waals surface area (Å²) < 4.78 is 2.62. The lowest BCUT2D eigenvalue weighted by Crippen LogP contribution is -2.28. The SMILES string of the molecule is C[C@H](O)[C@H](N)c1n[nH]c(=S)n1C1CCCCC1. The molecule has 1 fully saturated rings. The minimum Gasteiger partial charge on any atom is -0.391 e. The number of H-pyrrole nitrogens is 1. The molecule has 6 heteroatoms. The Kier molecular flexibility index (Phi) is 3.96. The van der Waals surface area contributed by atoms with Crippen molar-refractivity contribution in [2.24, 2.45) is 5.73 Å². The van der Waals surface area contributed by atoms with Crippen LogP contribution in [-0.4, -0.2) is 26.0 Å². The number of nitrogens with two attached hydrogens (primary N) is 1. The Bertz CT molecular complexity index is 419. The zero-order valence-electron chi connectivity index (χ0n) is 10.1. The van der Waals surface area contributed by atoms with E-state index in [2.05, 4.69) is 10.2 Å². The third kappa shape index (κ3) is 2.59. The highest BCUT2D eigenvalue weighted by molar-refractivity contribution is 7.71. The summed E-state index contributed by atoms with van der Waals surface area (Å²) in [5.41, 5.74) is 5.96. The molecule has 0 spiro atoms. The standard InChI is InChI=1S/C11H20N4OS/c1-7(16)9(12)10-13-14-11(17)15(10)8-5-3-2-4-6-8/h7-9,16H,2-6,12H2,1H3,(H,14,17)/t7-,9-/m0/s1. The molecule has 2 atom stereocenters. The molecule has 4 N–H and O–H groups in total. The number of aromatic amines is 1. The Morgan fingerprint density at radius 3 is 2.71 bits per heavy atom. The summed E-state index contributed by atoms with van der Waals surface area (Å²) in [5, 5.41) is 16.5. The summed E-state index contributed by atoms with van der Waals surface area (Å²) in [6.07, 6.45) is 5.35. The lowest BCUT2D eigenvalue weighted by molar-refractivity contribution is 0.156. The first-order valence-electron chi connectivity index (χ1n) is 6.21. The van der Waals surface area contributed by atoms with Gasteiger partial charge in [-0.1, -0.05) is 19.3 Å². The van der Waals surface area contributed by atoms with E-state index in [0.29, 0.717) is 16.6 Å². The zero-order chi connectivity index (χ0) is 12.4. The van der Waals surface area contributed by atoms with Crippen LogP contribution in [0.15, 0.2) is 0 Å². The fraction of sp³-hybridized carbons (Fsp3) is 0.818. The van der Waals surface area contributed by atoms with Crippen LogP contribution in [0, 0.1) is 4.77 Å². The molecule has 5 nitrogen and oxygen atoms in total. The first-order chi connectivity index (χ1) is 8.11. The van der Waals surface area contributed by atoms with Crippen molar-refractivity contribution >= 4 is 12.2 Å². The van der Waals surface area contributed by atoms with Crippen LogP contribution in [-0.2, 0) is 0 Å². The highest BCUT2D eigenvalue weighted by Gasteiger charge is 2.24. The molecular weight excluding hydrogens is 236 g/mol. The number of hydrogen-bond donors (Lipinski definition) is 3. The van der Waals surface area contributed by atoms with E-state index < -0.39 is 12.1 Å². The number of rotatable bonds is 3. The van der Waals surface area contributed by atoms with Crippen LogP contribution in [0.2, 0.25) is 0 Å². The van der Waals surface area contributed by atoms with Gasteiger partial charge in [0.15, 0.2) is 10.6 Å². The van der Waals surface area contributed by atoms with E-state index in [-0.39, 0.29) is 0 Å². The van der Waals surface area contributed by atoms with Gasteiger partial charge in [-0.25, -0.2) is 0 Å². The zero-order valence-corrected chi connectivity index (χ0v) is 10.9. The summed E-state index contributed by atoms with van der Waals surface area (Å²) in [7, 11) is 0. The third-order valence-electron chi connectivity index (χ3n) is 3.49. The van der Waals surface area contributed by atoms with Crippen molar-refractivity contribution in [2.45, 2.75) is 57.2 Å². The van der Waals surface area contributed by atoms with E-state index in [0.717, 1.165) is 12.8 Å². The molecule has 0 aliphatic heterocycles. The second kappa shape index (κ2) is 5.29. The van der Waals surface area contributed by atoms with Crippen LogP contribution in [0.3, 0.4) is 0 Å². The first-order valence-corrected chi connectivity index (χ1v) is 6.62. The lowest BCUT2D eigenvalue weighted by Gasteiger charge is -2.26. The average molecular weight is 256 g/mol. The molecule has 1 heterocycles. The molecule has 2 rings (SSSR count). The second-order valence-electron chi connectivity index (χ2n) is 4.82. The van der Waals surface area contributed by atoms with Crippen molar-refractivity contribution in [2.75, 3.05) is 0 Å². The summed E-state index contributed by atoms with van der Waals surface area (Å²) in [6.45, 7) is 1.67. The molecule has 0 bridgehead atoms. The van der Waals surface area contributed by atoms with Crippen molar-refractivity contribution in [1.29, 1.82) is 0 Å². The summed E-state index contributed by atoms with van der Waals surface area (Å²) >= 11 is 5.27. The molecular formula is C11H20N4OS. The number of aromatic nitrogens is 3. The topological polar surface area (TPSA) is 79.9 Å². The average Bonchev–Trinajstić information content (AvgIpc) is 2.71. The highest BCUT2D eigenvalue weighted by atomic mass is 32.1. The van der Waals surface area contributed by atoms with Gasteiger partial charge in [0.2, 0.25) is 0 Å². The second-order valence-corrected chi connectivity index (χ2v) is 5.20. The molecule has 0 aromatic carbocycles. The Morgan fingerprint density at radius 2 is 2.12 bits per heavy atom. The van der Waals surface area contributed by atoms with Crippen LogP contribution in [0.5, 0.6) is 0 Å². The normalized spacial score (nSPS) is 21.4. The van der Waals surface area contributed by atoms with Crippen molar-refractivity contribution < 1.29 is 5.11 Å². The summed E-state index contributed by atoms with van der Waals surface area (Å²) in [4.78, 5) is 0. The Hall–Kier alpha value is -0.720. The van der Waals surface area contributed by atoms with Gasteiger partial charge in [0.1, 0.15) is 0 Å². The molecule has 0 radical (unpaired) electrons. The van der Waals surface area contributed by atoms with Crippen LogP contribution in [0.4, 0.5) is 0 Å². The Labute approximate surface area is 106 Å². The lowest BCUT2D eigenvalue weighted by atomic mass is 9.95. The van der Waals surface area contributed by atoms with Gasteiger partial charge in [0, 0.05) is 6.04 Å². The third-order valence-corrected chi connectivity index (χ3v) is 3.78. The largest absolute Gasteiger partial charge is 0.391 e. The van der Waals surface area contributed by atoms with Crippen molar-refractivity contribution in [3.05, 3.63) is 10.6 Å². The number of nitrogens with zero attached hydrogens (tertiary/aromatic N) is 2. The highest BCUT2D eigenvalue weighted by Crippen LogP contribution is 2.30. The maximum absolute atomic E-state index is 9.58. The number of aliphatic hydroxyl groups excluding tert-OH is 1. The number of aliphatic hydroxyl groups is 1. The van der Waals surface area contributed by atoms with Gasteiger partial charge in [0.05, 0.1) is 12.1 Å². The van der Waals surface area contributed by atoms with Gasteiger partial charge < -0.3 is 10.8 Å². The van der Waals surface area contributed by atoms with Crippen molar-refractivity contribution in [3.63, 3.8) is 0 Å². The molecule has 1 saturated carbocycles. The summed E-state index contributed by atoms with van der Waals surface area (Å²) in [6, 6.07) is -0.0975. The fourth-order valence-corrected chi connectivity index (χ4v) is 2.75. The van der Waals surface area contributed by atoms with Gasteiger partial charge in [-0.2, -0.15) is 5.10 Å². The molecule has 0 saturated heterocycles. The van der Waals surface area contributed by atoms with E-state index in [4.69, 9.17) is 18.0 Å². The molecule has 1 aromatic heterocycles. The first kappa shape index (κ1) is 12.7. The monoisotopic (exact) mass is 256 g/mol. The molecule has 1 aliphatic rings. The minimum absolute atomic E-state index is 0.384. The molecule has 17 heavy (non-hydrogen) atoms. The van der Waals surface area contributed by atoms with E-state index in [1.807, 2.05) is 4.57 Å².